The predicted octanol–water partition coefficient (Wildman–Crippen LogP) is 1.25. The summed E-state index contributed by atoms with van der Waals surface area (Å²) in [5.41, 5.74) is 0. The smallest absolute Gasteiger partial charge is 0.0465 e. The third-order valence-corrected chi connectivity index (χ3v) is 0.493. The van der Waals surface area contributed by atoms with Gasteiger partial charge in [0, 0.05) is 13.2 Å². The summed E-state index contributed by atoms with van der Waals surface area (Å²) in [6.07, 6.45) is 0.883. The molecule has 0 aromatic rings. The number of hydrogen-bond acceptors (Lipinski definition) is 1. The van der Waals surface area contributed by atoms with Crippen LogP contribution in [0.1, 0.15) is 13.3 Å². The van der Waals surface area contributed by atoms with E-state index in [0.717, 1.165) is 19.6 Å². The van der Waals surface area contributed by atoms with Gasteiger partial charge in [-0.05, 0) is 13.3 Å². The second kappa shape index (κ2) is 4.96. The molecule has 0 unspecified atom stereocenters. The van der Waals surface area contributed by atoms with Gasteiger partial charge in [-0.1, -0.05) is 6.92 Å². The quantitative estimate of drug-likeness (QED) is 0.471. The fourth-order valence-corrected chi connectivity index (χ4v) is 0.246. The SMILES string of the molecule is [CH2]CCOCC. The molecule has 0 rings (SSSR count). The molecule has 0 heterocycles. The molecule has 0 spiro atoms. The van der Waals surface area contributed by atoms with E-state index < -0.39 is 0 Å². The second-order valence-electron chi connectivity index (χ2n) is 1.05. The van der Waals surface area contributed by atoms with Crippen LogP contribution in [-0.4, -0.2) is 13.2 Å². The highest BCUT2D eigenvalue weighted by Gasteiger charge is 1.72. The first kappa shape index (κ1) is 5.96. The summed E-state index contributed by atoms with van der Waals surface area (Å²) in [7, 11) is 0. The molecule has 0 aliphatic carbocycles. The largest absolute Gasteiger partial charge is 0.382 e. The molecule has 0 amide bonds. The molecule has 0 bridgehead atoms. The Kier molecular flexibility index (Phi) is 4.93. The first-order valence-corrected chi connectivity index (χ1v) is 2.28. The van der Waals surface area contributed by atoms with Crippen molar-refractivity contribution in [1.82, 2.24) is 0 Å². The van der Waals surface area contributed by atoms with Gasteiger partial charge in [-0.25, -0.2) is 0 Å². The van der Waals surface area contributed by atoms with Gasteiger partial charge in [-0.15, -0.1) is 0 Å². The summed E-state index contributed by atoms with van der Waals surface area (Å²) in [6, 6.07) is 0. The van der Waals surface area contributed by atoms with E-state index in [0.29, 0.717) is 0 Å². The maximum atomic E-state index is 4.92. The highest BCUT2D eigenvalue weighted by molar-refractivity contribution is 4.32. The van der Waals surface area contributed by atoms with E-state index in [4.69, 9.17) is 4.74 Å². The normalized spacial score (nSPS) is 9.00. The van der Waals surface area contributed by atoms with Crippen LogP contribution in [0.5, 0.6) is 0 Å². The molecule has 0 aromatic carbocycles. The summed E-state index contributed by atoms with van der Waals surface area (Å²) >= 11 is 0. The average Bonchev–Trinajstić information content (AvgIpc) is 1.61. The number of rotatable bonds is 3. The van der Waals surface area contributed by atoms with Crippen molar-refractivity contribution in [3.05, 3.63) is 6.92 Å². The van der Waals surface area contributed by atoms with Crippen LogP contribution in [0.15, 0.2) is 0 Å². The third kappa shape index (κ3) is 3.96. The highest BCUT2D eigenvalue weighted by Crippen LogP contribution is 1.75. The molecule has 1 nitrogen and oxygen atoms in total. The summed E-state index contributed by atoms with van der Waals surface area (Å²) in [5.74, 6) is 0. The molecule has 0 aliphatic rings. The Hall–Kier alpha value is -0.0400. The van der Waals surface area contributed by atoms with Crippen molar-refractivity contribution < 1.29 is 4.74 Å². The lowest BCUT2D eigenvalue weighted by Crippen LogP contribution is -1.88. The first-order valence-electron chi connectivity index (χ1n) is 2.28. The number of hydrogen-bond donors (Lipinski definition) is 0. The van der Waals surface area contributed by atoms with Crippen molar-refractivity contribution in [2.75, 3.05) is 13.2 Å². The summed E-state index contributed by atoms with van der Waals surface area (Å²) in [5, 5.41) is 0. The molecule has 37 valence electrons. The molecule has 0 aromatic heterocycles. The van der Waals surface area contributed by atoms with Crippen LogP contribution < -0.4 is 0 Å². The van der Waals surface area contributed by atoms with Crippen molar-refractivity contribution in [3.63, 3.8) is 0 Å². The Morgan fingerprint density at radius 2 is 2.33 bits per heavy atom. The lowest BCUT2D eigenvalue weighted by atomic mass is 10.5. The average molecular weight is 87.1 g/mol. The molecule has 6 heavy (non-hydrogen) atoms. The standard InChI is InChI=1S/C5H11O/c1-3-5-6-4-2/h1,3-5H2,2H3. The van der Waals surface area contributed by atoms with Crippen LogP contribution in [0.3, 0.4) is 0 Å². The van der Waals surface area contributed by atoms with Crippen LogP contribution in [0, 0.1) is 6.92 Å². The van der Waals surface area contributed by atoms with Crippen LogP contribution in [0.2, 0.25) is 0 Å². The van der Waals surface area contributed by atoms with Crippen LogP contribution in [-0.2, 0) is 4.74 Å². The van der Waals surface area contributed by atoms with E-state index in [-0.39, 0.29) is 0 Å². The van der Waals surface area contributed by atoms with Crippen molar-refractivity contribution in [3.8, 4) is 0 Å². The Morgan fingerprint density at radius 1 is 1.67 bits per heavy atom. The van der Waals surface area contributed by atoms with Crippen molar-refractivity contribution in [2.24, 2.45) is 0 Å². The lowest BCUT2D eigenvalue weighted by molar-refractivity contribution is 0.152. The van der Waals surface area contributed by atoms with E-state index in [1.807, 2.05) is 6.92 Å². The van der Waals surface area contributed by atoms with E-state index in [2.05, 4.69) is 6.92 Å². The van der Waals surface area contributed by atoms with E-state index in [1.165, 1.54) is 0 Å². The van der Waals surface area contributed by atoms with Crippen LogP contribution in [0.4, 0.5) is 0 Å². The van der Waals surface area contributed by atoms with E-state index in [9.17, 15) is 0 Å². The number of ether oxygens (including phenoxy) is 1. The zero-order chi connectivity index (χ0) is 4.83. The minimum Gasteiger partial charge on any atom is -0.382 e. The van der Waals surface area contributed by atoms with Gasteiger partial charge in [0.15, 0.2) is 0 Å². The van der Waals surface area contributed by atoms with Crippen molar-refractivity contribution in [1.29, 1.82) is 0 Å². The minimum atomic E-state index is 0.802. The summed E-state index contributed by atoms with van der Waals surface area (Å²) in [6.45, 7) is 7.20. The van der Waals surface area contributed by atoms with Gasteiger partial charge in [-0.2, -0.15) is 0 Å². The van der Waals surface area contributed by atoms with Gasteiger partial charge in [0.1, 0.15) is 0 Å². The molecule has 0 N–H and O–H groups in total. The van der Waals surface area contributed by atoms with Gasteiger partial charge in [0.2, 0.25) is 0 Å². The Morgan fingerprint density at radius 3 is 2.50 bits per heavy atom. The van der Waals surface area contributed by atoms with Gasteiger partial charge in [0.05, 0.1) is 0 Å². The van der Waals surface area contributed by atoms with Crippen LogP contribution >= 0.6 is 0 Å². The second-order valence-corrected chi connectivity index (χ2v) is 1.05. The monoisotopic (exact) mass is 87.1 g/mol. The zero-order valence-corrected chi connectivity index (χ0v) is 4.24. The summed E-state index contributed by atoms with van der Waals surface area (Å²) in [4.78, 5) is 0. The van der Waals surface area contributed by atoms with Gasteiger partial charge in [0.25, 0.3) is 0 Å². The highest BCUT2D eigenvalue weighted by atomic mass is 16.5. The first-order chi connectivity index (χ1) is 2.91. The molecule has 0 aliphatic heterocycles. The molecule has 0 atom stereocenters. The lowest BCUT2D eigenvalue weighted by Gasteiger charge is -1.91. The third-order valence-electron chi connectivity index (χ3n) is 0.493. The fourth-order valence-electron chi connectivity index (χ4n) is 0.246. The maximum absolute atomic E-state index is 4.92. The predicted molar refractivity (Wildman–Crippen MR) is 26.5 cm³/mol. The van der Waals surface area contributed by atoms with Gasteiger partial charge in [-0.3, -0.25) is 0 Å². The molecule has 0 fully saturated rings. The molecular weight excluding hydrogens is 76.1 g/mol. The fraction of sp³-hybridized carbons (Fsp3) is 0.800. The van der Waals surface area contributed by atoms with E-state index >= 15 is 0 Å². The molecule has 0 saturated carbocycles. The topological polar surface area (TPSA) is 9.23 Å². The zero-order valence-electron chi connectivity index (χ0n) is 4.24. The van der Waals surface area contributed by atoms with Crippen molar-refractivity contribution >= 4 is 0 Å². The van der Waals surface area contributed by atoms with Gasteiger partial charge < -0.3 is 4.74 Å². The molecular formula is C5H11O. The van der Waals surface area contributed by atoms with E-state index in [1.54, 1.807) is 0 Å². The Balaban J connectivity index is 2.34. The summed E-state index contributed by atoms with van der Waals surface area (Å²) < 4.78 is 4.92. The Labute approximate surface area is 39.3 Å². The molecule has 1 heteroatoms. The minimum absolute atomic E-state index is 0.802. The Bertz CT molecular complexity index is 15.9. The molecule has 1 radical (unpaired) electrons. The van der Waals surface area contributed by atoms with Crippen molar-refractivity contribution in [2.45, 2.75) is 13.3 Å². The maximum Gasteiger partial charge on any atom is 0.0465 e. The van der Waals surface area contributed by atoms with Crippen LogP contribution in [0.25, 0.3) is 0 Å². The molecule has 0 saturated heterocycles. The van der Waals surface area contributed by atoms with Gasteiger partial charge >= 0.3 is 0 Å².